The van der Waals surface area contributed by atoms with Crippen LogP contribution in [0.1, 0.15) is 5.56 Å². The van der Waals surface area contributed by atoms with Crippen LogP contribution in [0.25, 0.3) is 11.4 Å². The molecule has 0 fully saturated rings. The second-order valence-corrected chi connectivity index (χ2v) is 5.85. The quantitative estimate of drug-likeness (QED) is 0.641. The van der Waals surface area contributed by atoms with Crippen LogP contribution in [0.3, 0.4) is 0 Å². The van der Waals surface area contributed by atoms with Crippen LogP contribution in [-0.4, -0.2) is 34.1 Å². The van der Waals surface area contributed by atoms with E-state index in [1.54, 1.807) is 37.4 Å². The summed E-state index contributed by atoms with van der Waals surface area (Å²) in [4.78, 5) is 4.01. The molecule has 25 heavy (non-hydrogen) atoms. The van der Waals surface area contributed by atoms with Gasteiger partial charge in [-0.25, -0.2) is 9.77 Å². The van der Waals surface area contributed by atoms with Crippen molar-refractivity contribution in [1.82, 2.24) is 19.9 Å². The van der Waals surface area contributed by atoms with E-state index in [1.807, 2.05) is 18.2 Å². The summed E-state index contributed by atoms with van der Waals surface area (Å²) in [5.74, 6) is 1.84. The van der Waals surface area contributed by atoms with Gasteiger partial charge in [0.25, 0.3) is 0 Å². The molecule has 1 aromatic carbocycles. The Hall–Kier alpha value is -2.58. The van der Waals surface area contributed by atoms with Gasteiger partial charge in [-0.1, -0.05) is 11.6 Å². The average Bonchev–Trinajstić information content (AvgIpc) is 3.01. The molecule has 0 saturated heterocycles. The van der Waals surface area contributed by atoms with Crippen LogP contribution in [0.15, 0.2) is 36.7 Å². The second-order valence-electron chi connectivity index (χ2n) is 5.06. The third-order valence-electron chi connectivity index (χ3n) is 3.59. The molecular weight excluding hydrogens is 362 g/mol. The summed E-state index contributed by atoms with van der Waals surface area (Å²) in [5.41, 5.74) is 4.94. The Morgan fingerprint density at radius 1 is 1.20 bits per heavy atom. The smallest absolute Gasteiger partial charge is 0.214 e. The third-order valence-corrected chi connectivity index (χ3v) is 4.22. The van der Waals surface area contributed by atoms with Crippen LogP contribution in [-0.2, 0) is 6.54 Å². The standard InChI is InChI=1S/C16H16ClN5O2S/c1-23-13-7-11(12(17)8-14(13)24-2)9-19-22-15(20-21-16(22)25)10-3-5-18-6-4-10/h3-8,19H,9H2,1-2H3,(H,21,25). The number of methoxy groups -OCH3 is 2. The zero-order valence-electron chi connectivity index (χ0n) is 13.6. The molecule has 0 unspecified atom stereocenters. The summed E-state index contributed by atoms with van der Waals surface area (Å²) in [6, 6.07) is 7.25. The molecule has 2 heterocycles. The largest absolute Gasteiger partial charge is 0.493 e. The second kappa shape index (κ2) is 7.54. The number of H-pyrrole nitrogens is 1. The van der Waals surface area contributed by atoms with Gasteiger partial charge in [-0.2, -0.15) is 5.10 Å². The lowest BCUT2D eigenvalue weighted by Crippen LogP contribution is -2.16. The van der Waals surface area contributed by atoms with Crippen LogP contribution in [0.5, 0.6) is 11.5 Å². The number of hydrogen-bond acceptors (Lipinski definition) is 6. The van der Waals surface area contributed by atoms with E-state index in [9.17, 15) is 0 Å². The number of pyridine rings is 1. The molecule has 0 aliphatic rings. The molecule has 0 aliphatic heterocycles. The van der Waals surface area contributed by atoms with Crippen LogP contribution < -0.4 is 14.9 Å². The molecule has 9 heteroatoms. The topological polar surface area (TPSA) is 77.0 Å². The fourth-order valence-corrected chi connectivity index (χ4v) is 2.75. The molecule has 2 aromatic heterocycles. The van der Waals surface area contributed by atoms with Crippen molar-refractivity contribution in [2.45, 2.75) is 6.54 Å². The number of hydrogen-bond donors (Lipinski definition) is 2. The van der Waals surface area contributed by atoms with Gasteiger partial charge in [0, 0.05) is 29.0 Å². The first-order chi connectivity index (χ1) is 12.1. The monoisotopic (exact) mass is 377 g/mol. The summed E-state index contributed by atoms with van der Waals surface area (Å²) in [7, 11) is 3.15. The van der Waals surface area contributed by atoms with Crippen molar-refractivity contribution in [1.29, 1.82) is 0 Å². The van der Waals surface area contributed by atoms with Gasteiger partial charge in [0.15, 0.2) is 17.3 Å². The molecule has 0 amide bonds. The minimum atomic E-state index is 0.422. The molecule has 3 aromatic rings. The Morgan fingerprint density at radius 2 is 1.88 bits per heavy atom. The summed E-state index contributed by atoms with van der Waals surface area (Å²) in [6.45, 7) is 0.422. The van der Waals surface area contributed by atoms with E-state index in [4.69, 9.17) is 33.3 Å². The average molecular weight is 378 g/mol. The highest BCUT2D eigenvalue weighted by Crippen LogP contribution is 2.33. The molecule has 0 aliphatic carbocycles. The minimum absolute atomic E-state index is 0.422. The van der Waals surface area contributed by atoms with Crippen molar-refractivity contribution < 1.29 is 9.47 Å². The summed E-state index contributed by atoms with van der Waals surface area (Å²) in [5, 5.41) is 7.60. The summed E-state index contributed by atoms with van der Waals surface area (Å²) < 4.78 is 12.7. The van der Waals surface area contributed by atoms with Gasteiger partial charge in [0.05, 0.1) is 20.8 Å². The highest BCUT2D eigenvalue weighted by molar-refractivity contribution is 7.71. The van der Waals surface area contributed by atoms with Crippen molar-refractivity contribution in [3.63, 3.8) is 0 Å². The van der Waals surface area contributed by atoms with Gasteiger partial charge in [-0.15, -0.1) is 0 Å². The van der Waals surface area contributed by atoms with Crippen molar-refractivity contribution in [3.8, 4) is 22.9 Å². The Balaban J connectivity index is 1.88. The predicted molar refractivity (Wildman–Crippen MR) is 98.3 cm³/mol. The number of rotatable bonds is 6. The first-order valence-corrected chi connectivity index (χ1v) is 8.14. The first kappa shape index (κ1) is 17.2. The normalized spacial score (nSPS) is 10.5. The molecule has 3 rings (SSSR count). The fourth-order valence-electron chi connectivity index (χ4n) is 2.33. The number of ether oxygens (including phenoxy) is 2. The zero-order chi connectivity index (χ0) is 17.8. The Morgan fingerprint density at radius 3 is 2.56 bits per heavy atom. The van der Waals surface area contributed by atoms with Gasteiger partial charge in [-0.05, 0) is 36.0 Å². The van der Waals surface area contributed by atoms with Crippen LogP contribution in [0, 0.1) is 4.77 Å². The molecule has 0 bridgehead atoms. The van der Waals surface area contributed by atoms with E-state index in [0.29, 0.717) is 33.7 Å². The summed E-state index contributed by atoms with van der Waals surface area (Å²) in [6.07, 6.45) is 3.39. The number of benzene rings is 1. The van der Waals surface area contributed by atoms with E-state index >= 15 is 0 Å². The number of aromatic amines is 1. The molecule has 2 N–H and O–H groups in total. The first-order valence-electron chi connectivity index (χ1n) is 7.36. The molecular formula is C16H16ClN5O2S. The SMILES string of the molecule is COc1cc(Cl)c(CNn2c(-c3ccncc3)n[nH]c2=S)cc1OC. The van der Waals surface area contributed by atoms with Crippen LogP contribution >= 0.6 is 23.8 Å². The maximum absolute atomic E-state index is 6.33. The van der Waals surface area contributed by atoms with Gasteiger partial charge < -0.3 is 14.9 Å². The zero-order valence-corrected chi connectivity index (χ0v) is 15.2. The highest BCUT2D eigenvalue weighted by atomic mass is 35.5. The Bertz CT molecular complexity index is 926. The number of nitrogens with one attached hydrogen (secondary N) is 2. The van der Waals surface area contributed by atoms with Crippen molar-refractivity contribution >= 4 is 23.8 Å². The van der Waals surface area contributed by atoms with E-state index in [0.717, 1.165) is 11.1 Å². The molecule has 130 valence electrons. The van der Waals surface area contributed by atoms with Gasteiger partial charge in [0.1, 0.15) is 0 Å². The van der Waals surface area contributed by atoms with Gasteiger partial charge >= 0.3 is 0 Å². The predicted octanol–water partition coefficient (Wildman–Crippen LogP) is 3.42. The lowest BCUT2D eigenvalue weighted by Gasteiger charge is -2.14. The Kier molecular flexibility index (Phi) is 5.20. The lowest BCUT2D eigenvalue weighted by molar-refractivity contribution is 0.354. The van der Waals surface area contributed by atoms with Crippen molar-refractivity contribution in [2.24, 2.45) is 0 Å². The molecule has 0 radical (unpaired) electrons. The summed E-state index contributed by atoms with van der Waals surface area (Å²) >= 11 is 11.6. The van der Waals surface area contributed by atoms with Gasteiger partial charge in [-0.3, -0.25) is 4.98 Å². The highest BCUT2D eigenvalue weighted by Gasteiger charge is 2.12. The maximum atomic E-state index is 6.33. The number of halogens is 1. The van der Waals surface area contributed by atoms with E-state index in [1.165, 1.54) is 0 Å². The number of nitrogens with zero attached hydrogens (tertiary/aromatic N) is 3. The van der Waals surface area contributed by atoms with E-state index < -0.39 is 0 Å². The van der Waals surface area contributed by atoms with Crippen LogP contribution in [0.2, 0.25) is 5.02 Å². The van der Waals surface area contributed by atoms with E-state index in [2.05, 4.69) is 20.6 Å². The molecule has 0 atom stereocenters. The molecule has 0 spiro atoms. The maximum Gasteiger partial charge on any atom is 0.214 e. The van der Waals surface area contributed by atoms with E-state index in [-0.39, 0.29) is 0 Å². The van der Waals surface area contributed by atoms with Crippen molar-refractivity contribution in [3.05, 3.63) is 52.0 Å². The minimum Gasteiger partial charge on any atom is -0.493 e. The fraction of sp³-hybridized carbons (Fsp3) is 0.188. The molecule has 7 nitrogen and oxygen atoms in total. The number of aromatic nitrogens is 4. The molecule has 0 saturated carbocycles. The van der Waals surface area contributed by atoms with Gasteiger partial charge in [0.2, 0.25) is 4.77 Å². The third kappa shape index (κ3) is 3.59. The lowest BCUT2D eigenvalue weighted by atomic mass is 10.2. The van der Waals surface area contributed by atoms with Crippen LogP contribution in [0.4, 0.5) is 0 Å². The van der Waals surface area contributed by atoms with Crippen molar-refractivity contribution in [2.75, 3.05) is 19.6 Å². The Labute approximate surface area is 154 Å².